The maximum absolute atomic E-state index is 5.27. The molecular weight excluding hydrogens is 765 g/mol. The van der Waals surface area contributed by atoms with Crippen LogP contribution in [0.3, 0.4) is 0 Å². The summed E-state index contributed by atoms with van der Waals surface area (Å²) in [6.45, 7) is 24.8. The number of aryl methyl sites for hydroxylation is 9. The summed E-state index contributed by atoms with van der Waals surface area (Å²) in [7, 11) is 0. The number of anilines is 9. The third kappa shape index (κ3) is 7.08. The minimum Gasteiger partial charge on any atom is -0.309 e. The lowest BCUT2D eigenvalue weighted by molar-refractivity contribution is 0.632. The van der Waals surface area contributed by atoms with Gasteiger partial charge in [0.15, 0.2) is 0 Å². The SMILES string of the molecule is Cc1cccc(C)c1N(c1ccc2c(c1)C(C)(C)c1cc(N(c3c(C)cccc3C)c3c(C)cccc3C)ccc1N2c1ccc(-c2ccccc2)nc1C)c1c(C)cccc1C. The van der Waals surface area contributed by atoms with E-state index in [-0.39, 0.29) is 0 Å². The van der Waals surface area contributed by atoms with Gasteiger partial charge in [0.2, 0.25) is 0 Å². The second kappa shape index (κ2) is 16.1. The molecule has 8 aromatic rings. The number of pyridine rings is 1. The molecule has 314 valence electrons. The molecule has 0 aliphatic carbocycles. The summed E-state index contributed by atoms with van der Waals surface area (Å²) in [5.41, 5.74) is 25.6. The van der Waals surface area contributed by atoms with E-state index >= 15 is 0 Å². The van der Waals surface area contributed by atoms with Crippen LogP contribution in [0.15, 0.2) is 152 Å². The first-order valence-corrected chi connectivity index (χ1v) is 22.2. The lowest BCUT2D eigenvalue weighted by Gasteiger charge is -2.44. The summed E-state index contributed by atoms with van der Waals surface area (Å²) in [6.07, 6.45) is 0. The highest BCUT2D eigenvalue weighted by molar-refractivity contribution is 5.93. The van der Waals surface area contributed by atoms with E-state index < -0.39 is 5.41 Å². The van der Waals surface area contributed by atoms with Crippen LogP contribution in [0.1, 0.15) is 75.2 Å². The standard InChI is InChI=1S/C59H58N4/c1-37-19-15-20-38(2)55(37)61(56-39(3)21-16-22-40(56)4)47-29-32-53-49(35-47)59(10,11)50-36-48(62(57-41(5)23-17-24-42(57)6)58-43(7)25-18-26-44(58)8)30-33-54(50)63(53)52-34-31-51(60-45(52)9)46-27-13-12-14-28-46/h12-36H,1-11H3. The van der Waals surface area contributed by atoms with Crippen molar-refractivity contribution in [3.63, 3.8) is 0 Å². The molecule has 0 atom stereocenters. The minimum absolute atomic E-state index is 0.404. The molecular formula is C59H58N4. The van der Waals surface area contributed by atoms with Crippen LogP contribution in [-0.2, 0) is 5.41 Å². The van der Waals surface area contributed by atoms with Crippen LogP contribution in [-0.4, -0.2) is 4.98 Å². The van der Waals surface area contributed by atoms with Crippen molar-refractivity contribution in [2.75, 3.05) is 14.7 Å². The molecule has 0 fully saturated rings. The Labute approximate surface area is 375 Å². The zero-order valence-electron chi connectivity index (χ0n) is 38.7. The fourth-order valence-corrected chi connectivity index (χ4v) is 10.2. The van der Waals surface area contributed by atoms with Crippen molar-refractivity contribution in [3.8, 4) is 11.3 Å². The van der Waals surface area contributed by atoms with E-state index in [2.05, 4.69) is 243 Å². The van der Waals surface area contributed by atoms with Gasteiger partial charge >= 0.3 is 0 Å². The molecule has 0 N–H and O–H groups in total. The van der Waals surface area contributed by atoms with Crippen LogP contribution in [0, 0.1) is 62.3 Å². The highest BCUT2D eigenvalue weighted by Crippen LogP contribution is 2.56. The molecule has 2 heterocycles. The zero-order chi connectivity index (χ0) is 44.3. The molecule has 4 nitrogen and oxygen atoms in total. The van der Waals surface area contributed by atoms with E-state index in [1.54, 1.807) is 0 Å². The average Bonchev–Trinajstić information content (AvgIpc) is 3.25. The lowest BCUT2D eigenvalue weighted by Crippen LogP contribution is -2.32. The van der Waals surface area contributed by atoms with Gasteiger partial charge in [-0.15, -0.1) is 0 Å². The van der Waals surface area contributed by atoms with Crippen LogP contribution in [0.2, 0.25) is 0 Å². The topological polar surface area (TPSA) is 22.6 Å². The van der Waals surface area contributed by atoms with E-state index in [4.69, 9.17) is 4.98 Å². The van der Waals surface area contributed by atoms with Crippen molar-refractivity contribution in [2.45, 2.75) is 81.6 Å². The van der Waals surface area contributed by atoms with Gasteiger partial charge in [-0.25, -0.2) is 0 Å². The molecule has 1 aliphatic rings. The Bertz CT molecular complexity index is 2700. The summed E-state index contributed by atoms with van der Waals surface area (Å²) in [6, 6.07) is 55.7. The monoisotopic (exact) mass is 822 g/mol. The number of para-hydroxylation sites is 4. The smallest absolute Gasteiger partial charge is 0.0706 e. The van der Waals surface area contributed by atoms with E-state index in [0.717, 1.165) is 45.4 Å². The largest absolute Gasteiger partial charge is 0.309 e. The van der Waals surface area contributed by atoms with E-state index in [0.29, 0.717) is 0 Å². The first-order chi connectivity index (χ1) is 30.3. The Kier molecular flexibility index (Phi) is 10.6. The second-order valence-corrected chi connectivity index (χ2v) is 18.2. The number of benzene rings is 7. The van der Waals surface area contributed by atoms with Crippen LogP contribution in [0.4, 0.5) is 51.2 Å². The summed E-state index contributed by atoms with van der Waals surface area (Å²) in [4.78, 5) is 12.7. The molecule has 0 saturated heterocycles. The molecule has 0 spiro atoms. The quantitative estimate of drug-likeness (QED) is 0.152. The Morgan fingerprint density at radius 2 is 0.730 bits per heavy atom. The zero-order valence-corrected chi connectivity index (χ0v) is 38.7. The van der Waals surface area contributed by atoms with Crippen molar-refractivity contribution >= 4 is 51.2 Å². The maximum atomic E-state index is 5.27. The Morgan fingerprint density at radius 1 is 0.381 bits per heavy atom. The van der Waals surface area contributed by atoms with Gasteiger partial charge < -0.3 is 14.7 Å². The molecule has 7 aromatic carbocycles. The minimum atomic E-state index is -0.404. The number of rotatable bonds is 8. The third-order valence-corrected chi connectivity index (χ3v) is 13.3. The molecule has 0 bridgehead atoms. The van der Waals surface area contributed by atoms with Gasteiger partial charge in [0.1, 0.15) is 0 Å². The normalized spacial score (nSPS) is 12.8. The number of hydrogen-bond donors (Lipinski definition) is 0. The second-order valence-electron chi connectivity index (χ2n) is 18.2. The van der Waals surface area contributed by atoms with Crippen molar-refractivity contribution in [2.24, 2.45) is 0 Å². The van der Waals surface area contributed by atoms with Crippen molar-refractivity contribution in [3.05, 3.63) is 213 Å². The van der Waals surface area contributed by atoms with Crippen LogP contribution < -0.4 is 14.7 Å². The van der Waals surface area contributed by atoms with Crippen LogP contribution in [0.5, 0.6) is 0 Å². The Balaban J connectivity index is 1.32. The lowest BCUT2D eigenvalue weighted by atomic mass is 9.73. The Morgan fingerprint density at radius 3 is 1.08 bits per heavy atom. The predicted octanol–water partition coefficient (Wildman–Crippen LogP) is 16.6. The average molecular weight is 823 g/mol. The van der Waals surface area contributed by atoms with Gasteiger partial charge in [-0.2, -0.15) is 0 Å². The molecule has 0 amide bonds. The van der Waals surface area contributed by atoms with Crippen LogP contribution in [0.25, 0.3) is 11.3 Å². The number of hydrogen-bond acceptors (Lipinski definition) is 4. The van der Waals surface area contributed by atoms with Crippen molar-refractivity contribution in [1.82, 2.24) is 4.98 Å². The molecule has 1 aromatic heterocycles. The Hall–Kier alpha value is -6.91. The van der Waals surface area contributed by atoms with Crippen molar-refractivity contribution < 1.29 is 0 Å². The first-order valence-electron chi connectivity index (χ1n) is 22.2. The molecule has 0 unspecified atom stereocenters. The van der Waals surface area contributed by atoms with Gasteiger partial charge in [0.25, 0.3) is 0 Å². The van der Waals surface area contributed by atoms with Gasteiger partial charge in [-0.1, -0.05) is 117 Å². The van der Waals surface area contributed by atoms with Gasteiger partial charge in [0, 0.05) is 22.4 Å². The highest BCUT2D eigenvalue weighted by Gasteiger charge is 2.39. The van der Waals surface area contributed by atoms with Crippen molar-refractivity contribution in [1.29, 1.82) is 0 Å². The van der Waals surface area contributed by atoms with E-state index in [1.807, 2.05) is 0 Å². The molecule has 0 saturated carbocycles. The summed E-state index contributed by atoms with van der Waals surface area (Å²) in [5.74, 6) is 0. The predicted molar refractivity (Wildman–Crippen MR) is 268 cm³/mol. The molecule has 9 rings (SSSR count). The van der Waals surface area contributed by atoms with Gasteiger partial charge in [-0.3, -0.25) is 4.98 Å². The molecule has 63 heavy (non-hydrogen) atoms. The molecule has 0 radical (unpaired) electrons. The molecule has 4 heteroatoms. The number of nitrogens with zero attached hydrogens (tertiary/aromatic N) is 4. The van der Waals surface area contributed by atoms with Crippen LogP contribution >= 0.6 is 0 Å². The first kappa shape index (κ1) is 41.4. The fourth-order valence-electron chi connectivity index (χ4n) is 10.2. The van der Waals surface area contributed by atoms with Gasteiger partial charge in [0.05, 0.1) is 51.2 Å². The molecule has 1 aliphatic heterocycles. The van der Waals surface area contributed by atoms with Gasteiger partial charge in [-0.05, 0) is 166 Å². The fraction of sp³-hybridized carbons (Fsp3) is 0.203. The summed E-state index contributed by atoms with van der Waals surface area (Å²) in [5, 5.41) is 0. The van der Waals surface area contributed by atoms with E-state index in [9.17, 15) is 0 Å². The summed E-state index contributed by atoms with van der Waals surface area (Å²) >= 11 is 0. The summed E-state index contributed by atoms with van der Waals surface area (Å²) < 4.78 is 0. The highest BCUT2D eigenvalue weighted by atomic mass is 15.2. The number of aromatic nitrogens is 1. The van der Waals surface area contributed by atoms with E-state index in [1.165, 1.54) is 78.4 Å². The number of fused-ring (bicyclic) bond motifs is 2. The maximum Gasteiger partial charge on any atom is 0.0706 e. The third-order valence-electron chi connectivity index (χ3n) is 13.3.